The summed E-state index contributed by atoms with van der Waals surface area (Å²) in [6.07, 6.45) is 11.2. The van der Waals surface area contributed by atoms with E-state index in [4.69, 9.17) is 9.47 Å². The van der Waals surface area contributed by atoms with E-state index in [2.05, 4.69) is 41.2 Å². The van der Waals surface area contributed by atoms with Crippen molar-refractivity contribution in [2.45, 2.75) is 111 Å². The number of ether oxygens (including phenoxy) is 2. The molecule has 0 aromatic rings. The molecular formula is C29H46O4. The number of rotatable bonds is 6. The number of methoxy groups -OCH3 is 1. The first kappa shape index (κ1) is 24.8. The molecule has 3 saturated carbocycles. The third kappa shape index (κ3) is 3.69. The number of hydrogen-bond donors (Lipinski definition) is 0. The third-order valence-corrected chi connectivity index (χ3v) is 11.5. The van der Waals surface area contributed by atoms with Gasteiger partial charge >= 0.3 is 11.9 Å². The highest BCUT2D eigenvalue weighted by molar-refractivity contribution is 5.72. The fraction of sp³-hybridized carbons (Fsp3) is 0.862. The molecule has 0 aromatic heterocycles. The molecule has 1 heterocycles. The average Bonchev–Trinajstić information content (AvgIpc) is 3.28. The molecule has 4 fully saturated rings. The van der Waals surface area contributed by atoms with E-state index in [1.54, 1.807) is 0 Å². The topological polar surface area (TPSA) is 52.6 Å². The molecule has 4 nitrogen and oxygen atoms in total. The van der Waals surface area contributed by atoms with Crippen molar-refractivity contribution in [1.82, 2.24) is 0 Å². The minimum absolute atomic E-state index is 0.00820. The Morgan fingerprint density at radius 1 is 1.03 bits per heavy atom. The monoisotopic (exact) mass is 458 g/mol. The summed E-state index contributed by atoms with van der Waals surface area (Å²) >= 11 is 0. The molecular weight excluding hydrogens is 412 g/mol. The third-order valence-electron chi connectivity index (χ3n) is 11.5. The van der Waals surface area contributed by atoms with Crippen molar-refractivity contribution >= 4 is 11.9 Å². The van der Waals surface area contributed by atoms with Crippen LogP contribution in [0.25, 0.3) is 0 Å². The van der Waals surface area contributed by atoms with Gasteiger partial charge in [-0.3, -0.25) is 9.59 Å². The van der Waals surface area contributed by atoms with Crippen LogP contribution in [0.2, 0.25) is 0 Å². The standard InChI is InChI=1S/C29H46O4/c1-19(2)20-12-17-28(5)23(26(20,3)15-8-9-24(30)32-7)11-10-21-22(13-16-27(21,28)4)29(6)18-14-25(31)33-29/h20-23H,1,8-18H2,2-7H3. The van der Waals surface area contributed by atoms with Gasteiger partial charge in [0.15, 0.2) is 0 Å². The van der Waals surface area contributed by atoms with Crippen molar-refractivity contribution in [3.8, 4) is 0 Å². The zero-order valence-corrected chi connectivity index (χ0v) is 21.9. The van der Waals surface area contributed by atoms with Crippen LogP contribution in [-0.2, 0) is 19.1 Å². The quantitative estimate of drug-likeness (QED) is 0.322. The fourth-order valence-corrected chi connectivity index (χ4v) is 9.69. The normalized spacial score (nSPS) is 46.9. The lowest BCUT2D eigenvalue weighted by Crippen LogP contribution is -2.60. The predicted molar refractivity (Wildman–Crippen MR) is 130 cm³/mol. The molecule has 4 aliphatic rings. The van der Waals surface area contributed by atoms with E-state index < -0.39 is 0 Å². The number of allylic oxidation sites excluding steroid dienone is 1. The van der Waals surface area contributed by atoms with Crippen LogP contribution in [0.4, 0.5) is 0 Å². The number of esters is 2. The fourth-order valence-electron chi connectivity index (χ4n) is 9.69. The molecule has 0 spiro atoms. The molecule has 0 aromatic carbocycles. The van der Waals surface area contributed by atoms with Gasteiger partial charge in [0.05, 0.1) is 7.11 Å². The first-order valence-electron chi connectivity index (χ1n) is 13.4. The Hall–Kier alpha value is -1.32. The Bertz CT molecular complexity index is 818. The highest BCUT2D eigenvalue weighted by Crippen LogP contribution is 2.74. The van der Waals surface area contributed by atoms with Crippen LogP contribution in [-0.4, -0.2) is 24.6 Å². The molecule has 0 amide bonds. The van der Waals surface area contributed by atoms with Crippen molar-refractivity contribution in [3.05, 3.63) is 12.2 Å². The van der Waals surface area contributed by atoms with Crippen LogP contribution in [0.5, 0.6) is 0 Å². The maximum atomic E-state index is 12.0. The molecule has 4 heteroatoms. The van der Waals surface area contributed by atoms with Gasteiger partial charge in [-0.25, -0.2) is 0 Å². The Kier molecular flexibility index (Phi) is 6.32. The van der Waals surface area contributed by atoms with Gasteiger partial charge in [-0.1, -0.05) is 32.9 Å². The number of hydrogen-bond acceptors (Lipinski definition) is 4. The summed E-state index contributed by atoms with van der Waals surface area (Å²) in [6.45, 7) is 16.5. The predicted octanol–water partition coefficient (Wildman–Crippen LogP) is 6.87. The molecule has 1 aliphatic heterocycles. The van der Waals surface area contributed by atoms with Crippen LogP contribution in [0.1, 0.15) is 105 Å². The summed E-state index contributed by atoms with van der Waals surface area (Å²) in [6, 6.07) is 0. The molecule has 33 heavy (non-hydrogen) atoms. The molecule has 8 unspecified atom stereocenters. The lowest BCUT2D eigenvalue weighted by Gasteiger charge is -2.66. The van der Waals surface area contributed by atoms with Gasteiger partial charge in [-0.15, -0.1) is 0 Å². The van der Waals surface area contributed by atoms with Gasteiger partial charge in [0.2, 0.25) is 0 Å². The minimum atomic E-state index is -0.276. The van der Waals surface area contributed by atoms with Crippen molar-refractivity contribution in [2.75, 3.05) is 7.11 Å². The summed E-state index contributed by atoms with van der Waals surface area (Å²) in [7, 11) is 1.49. The van der Waals surface area contributed by atoms with E-state index in [0.717, 1.165) is 19.3 Å². The minimum Gasteiger partial charge on any atom is -0.469 e. The van der Waals surface area contributed by atoms with Gasteiger partial charge < -0.3 is 9.47 Å². The second-order valence-corrected chi connectivity index (χ2v) is 12.9. The van der Waals surface area contributed by atoms with E-state index in [9.17, 15) is 9.59 Å². The van der Waals surface area contributed by atoms with Crippen molar-refractivity contribution in [1.29, 1.82) is 0 Å². The molecule has 186 valence electrons. The van der Waals surface area contributed by atoms with E-state index in [-0.39, 0.29) is 33.8 Å². The molecule has 0 bridgehead atoms. The maximum Gasteiger partial charge on any atom is 0.306 e. The Balaban J connectivity index is 1.63. The van der Waals surface area contributed by atoms with Gasteiger partial charge in [-0.2, -0.15) is 0 Å². The van der Waals surface area contributed by atoms with Crippen LogP contribution < -0.4 is 0 Å². The second kappa shape index (κ2) is 8.41. The number of cyclic esters (lactones) is 1. The zero-order valence-electron chi connectivity index (χ0n) is 21.9. The van der Waals surface area contributed by atoms with Crippen molar-refractivity contribution in [2.24, 2.45) is 39.9 Å². The molecule has 0 radical (unpaired) electrons. The highest BCUT2D eigenvalue weighted by atomic mass is 16.6. The summed E-state index contributed by atoms with van der Waals surface area (Å²) in [5.41, 5.74) is 1.71. The molecule has 1 saturated heterocycles. The van der Waals surface area contributed by atoms with E-state index >= 15 is 0 Å². The van der Waals surface area contributed by atoms with E-state index in [1.165, 1.54) is 51.2 Å². The first-order valence-corrected chi connectivity index (χ1v) is 13.4. The van der Waals surface area contributed by atoms with Crippen molar-refractivity contribution < 1.29 is 19.1 Å². The second-order valence-electron chi connectivity index (χ2n) is 12.9. The first-order chi connectivity index (χ1) is 15.4. The van der Waals surface area contributed by atoms with Gasteiger partial charge in [0.25, 0.3) is 0 Å². The molecule has 4 rings (SSSR count). The summed E-state index contributed by atoms with van der Waals surface area (Å²) in [4.78, 5) is 23.9. The van der Waals surface area contributed by atoms with Crippen molar-refractivity contribution in [3.63, 3.8) is 0 Å². The average molecular weight is 459 g/mol. The van der Waals surface area contributed by atoms with Gasteiger partial charge in [-0.05, 0) is 106 Å². The maximum absolute atomic E-state index is 12.0. The van der Waals surface area contributed by atoms with Crippen LogP contribution >= 0.6 is 0 Å². The van der Waals surface area contributed by atoms with E-state index in [0.29, 0.717) is 36.5 Å². The summed E-state index contributed by atoms with van der Waals surface area (Å²) < 4.78 is 10.9. The Labute approximate surface area is 201 Å². The smallest absolute Gasteiger partial charge is 0.306 e. The van der Waals surface area contributed by atoms with E-state index in [1.807, 2.05) is 0 Å². The largest absolute Gasteiger partial charge is 0.469 e. The van der Waals surface area contributed by atoms with Crippen LogP contribution in [0.3, 0.4) is 0 Å². The number of carbonyl (C=O) groups is 2. The lowest BCUT2D eigenvalue weighted by molar-refractivity contribution is -0.180. The Morgan fingerprint density at radius 3 is 2.33 bits per heavy atom. The molecule has 3 aliphatic carbocycles. The Morgan fingerprint density at radius 2 is 1.73 bits per heavy atom. The molecule has 0 N–H and O–H groups in total. The highest BCUT2D eigenvalue weighted by Gasteiger charge is 2.68. The van der Waals surface area contributed by atoms with Crippen LogP contribution in [0, 0.1) is 39.9 Å². The summed E-state index contributed by atoms with van der Waals surface area (Å²) in [5.74, 6) is 2.13. The SMILES string of the molecule is C=C(C)C1CCC2(C)C(CCC3C(C4(C)CCC(=O)O4)CCC32C)C1(C)CCCC(=O)OC. The van der Waals surface area contributed by atoms with Gasteiger partial charge in [0, 0.05) is 18.8 Å². The lowest BCUT2D eigenvalue weighted by atomic mass is 9.38. The molecule has 8 atom stereocenters. The number of fused-ring (bicyclic) bond motifs is 3. The summed E-state index contributed by atoms with van der Waals surface area (Å²) in [5, 5.41) is 0. The van der Waals surface area contributed by atoms with Gasteiger partial charge in [0.1, 0.15) is 5.60 Å². The van der Waals surface area contributed by atoms with Crippen LogP contribution in [0.15, 0.2) is 12.2 Å². The zero-order chi connectivity index (χ0) is 24.2. The number of carbonyl (C=O) groups excluding carboxylic acids is 2.